The number of aromatic nitrogens is 2. The molecule has 2 heterocycles. The fourth-order valence-corrected chi connectivity index (χ4v) is 2.50. The van der Waals surface area contributed by atoms with E-state index in [0.29, 0.717) is 10.0 Å². The third-order valence-corrected chi connectivity index (χ3v) is 3.44. The predicted molar refractivity (Wildman–Crippen MR) is 77.8 cm³/mol. The molecule has 0 atom stereocenters. The minimum atomic E-state index is -0.466. The number of carbonyl (C=O) groups is 1. The SMILES string of the molecule is CC(C)(C)C(=O)c1sc(Nc2cccnc2)nc1N. The zero-order valence-electron chi connectivity index (χ0n) is 11.1. The highest BCUT2D eigenvalue weighted by Crippen LogP contribution is 2.32. The van der Waals surface area contributed by atoms with E-state index in [0.717, 1.165) is 5.69 Å². The summed E-state index contributed by atoms with van der Waals surface area (Å²) in [6.45, 7) is 5.59. The van der Waals surface area contributed by atoms with Crippen LogP contribution in [0.4, 0.5) is 16.6 Å². The highest BCUT2D eigenvalue weighted by molar-refractivity contribution is 7.18. The van der Waals surface area contributed by atoms with Gasteiger partial charge in [0.2, 0.25) is 0 Å². The summed E-state index contributed by atoms with van der Waals surface area (Å²) < 4.78 is 0. The molecule has 0 saturated heterocycles. The number of carbonyl (C=O) groups excluding carboxylic acids is 1. The molecule has 0 fully saturated rings. The van der Waals surface area contributed by atoms with Crippen molar-refractivity contribution >= 4 is 33.8 Å². The van der Waals surface area contributed by atoms with Gasteiger partial charge in [-0.05, 0) is 12.1 Å². The summed E-state index contributed by atoms with van der Waals surface area (Å²) in [5.41, 5.74) is 6.16. The molecule has 3 N–H and O–H groups in total. The number of nitrogens with two attached hydrogens (primary N) is 1. The largest absolute Gasteiger partial charge is 0.382 e. The van der Waals surface area contributed by atoms with Crippen molar-refractivity contribution in [1.29, 1.82) is 0 Å². The van der Waals surface area contributed by atoms with Gasteiger partial charge in [0.05, 0.1) is 11.9 Å². The van der Waals surface area contributed by atoms with Crippen LogP contribution in [0.25, 0.3) is 0 Å². The highest BCUT2D eigenvalue weighted by atomic mass is 32.1. The minimum Gasteiger partial charge on any atom is -0.382 e. The van der Waals surface area contributed by atoms with Crippen LogP contribution in [0.3, 0.4) is 0 Å². The molecular weight excluding hydrogens is 260 g/mol. The molecule has 0 spiro atoms. The Labute approximate surface area is 115 Å². The second kappa shape index (κ2) is 4.97. The summed E-state index contributed by atoms with van der Waals surface area (Å²) in [7, 11) is 0. The number of hydrogen-bond donors (Lipinski definition) is 2. The van der Waals surface area contributed by atoms with Crippen molar-refractivity contribution in [3.8, 4) is 0 Å². The first-order valence-electron chi connectivity index (χ1n) is 5.86. The zero-order chi connectivity index (χ0) is 14.0. The van der Waals surface area contributed by atoms with Gasteiger partial charge in [0, 0.05) is 11.6 Å². The van der Waals surface area contributed by atoms with Gasteiger partial charge in [-0.25, -0.2) is 4.98 Å². The lowest BCUT2D eigenvalue weighted by molar-refractivity contribution is 0.0863. The van der Waals surface area contributed by atoms with Gasteiger partial charge in [-0.3, -0.25) is 9.78 Å². The fraction of sp³-hybridized carbons (Fsp3) is 0.308. The molecule has 0 radical (unpaired) electrons. The number of thiazole rings is 1. The molecule has 0 aliphatic carbocycles. The molecule has 0 amide bonds. The molecule has 0 saturated carbocycles. The van der Waals surface area contributed by atoms with E-state index in [2.05, 4.69) is 15.3 Å². The normalized spacial score (nSPS) is 11.3. The lowest BCUT2D eigenvalue weighted by Crippen LogP contribution is -2.20. The third kappa shape index (κ3) is 3.08. The van der Waals surface area contributed by atoms with Crippen LogP contribution in [0, 0.1) is 5.41 Å². The monoisotopic (exact) mass is 276 g/mol. The molecule has 0 bridgehead atoms. The van der Waals surface area contributed by atoms with Gasteiger partial charge in [0.1, 0.15) is 10.7 Å². The van der Waals surface area contributed by atoms with Crippen LogP contribution >= 0.6 is 11.3 Å². The van der Waals surface area contributed by atoms with Crippen molar-refractivity contribution in [3.05, 3.63) is 29.4 Å². The molecule has 2 aromatic rings. The van der Waals surface area contributed by atoms with Crippen LogP contribution in [-0.2, 0) is 0 Å². The smallest absolute Gasteiger partial charge is 0.189 e. The van der Waals surface area contributed by atoms with Gasteiger partial charge in [0.15, 0.2) is 10.9 Å². The van der Waals surface area contributed by atoms with Crippen molar-refractivity contribution in [2.45, 2.75) is 20.8 Å². The van der Waals surface area contributed by atoms with Crippen LogP contribution in [0.5, 0.6) is 0 Å². The van der Waals surface area contributed by atoms with E-state index >= 15 is 0 Å². The molecule has 2 aromatic heterocycles. The Morgan fingerprint density at radius 1 is 1.42 bits per heavy atom. The van der Waals surface area contributed by atoms with Crippen LogP contribution in [0.2, 0.25) is 0 Å². The minimum absolute atomic E-state index is 0.00161. The number of pyridine rings is 1. The molecule has 0 aliphatic heterocycles. The van der Waals surface area contributed by atoms with E-state index in [9.17, 15) is 4.79 Å². The van der Waals surface area contributed by atoms with Gasteiger partial charge in [-0.2, -0.15) is 0 Å². The average Bonchev–Trinajstić information content (AvgIpc) is 2.69. The van der Waals surface area contributed by atoms with E-state index in [-0.39, 0.29) is 11.6 Å². The van der Waals surface area contributed by atoms with E-state index < -0.39 is 5.41 Å². The number of nitrogens with zero attached hydrogens (tertiary/aromatic N) is 2. The Hall–Kier alpha value is -1.95. The number of rotatable bonds is 3. The Balaban J connectivity index is 2.25. The van der Waals surface area contributed by atoms with Crippen LogP contribution in [0.15, 0.2) is 24.5 Å². The first-order valence-corrected chi connectivity index (χ1v) is 6.68. The molecule has 0 unspecified atom stereocenters. The molecule has 6 heteroatoms. The molecule has 0 aliphatic rings. The van der Waals surface area contributed by atoms with Crippen molar-refractivity contribution in [2.24, 2.45) is 5.41 Å². The summed E-state index contributed by atoms with van der Waals surface area (Å²) >= 11 is 1.26. The van der Waals surface area contributed by atoms with E-state index in [1.807, 2.05) is 32.9 Å². The third-order valence-electron chi connectivity index (χ3n) is 2.45. The van der Waals surface area contributed by atoms with Gasteiger partial charge in [-0.1, -0.05) is 32.1 Å². The molecule has 5 nitrogen and oxygen atoms in total. The van der Waals surface area contributed by atoms with Crippen LogP contribution in [0.1, 0.15) is 30.4 Å². The Bertz CT molecular complexity index is 586. The second-order valence-corrected chi connectivity index (χ2v) is 6.18. The molecule has 0 aromatic carbocycles. The zero-order valence-corrected chi connectivity index (χ0v) is 11.9. The van der Waals surface area contributed by atoms with E-state index in [4.69, 9.17) is 5.73 Å². The maximum Gasteiger partial charge on any atom is 0.189 e. The van der Waals surface area contributed by atoms with Crippen molar-refractivity contribution in [2.75, 3.05) is 11.1 Å². The van der Waals surface area contributed by atoms with Crippen LogP contribution in [-0.4, -0.2) is 15.8 Å². The first kappa shape index (κ1) is 13.5. The van der Waals surface area contributed by atoms with Crippen LogP contribution < -0.4 is 11.1 Å². The van der Waals surface area contributed by atoms with E-state index in [1.54, 1.807) is 12.4 Å². The summed E-state index contributed by atoms with van der Waals surface area (Å²) in [6.07, 6.45) is 3.37. The number of nitrogen functional groups attached to an aromatic ring is 1. The number of Topliss-reactive ketones (excluding diaryl/α,β-unsaturated/α-hetero) is 1. The number of hydrogen-bond acceptors (Lipinski definition) is 6. The summed E-state index contributed by atoms with van der Waals surface area (Å²) in [6, 6.07) is 3.69. The summed E-state index contributed by atoms with van der Waals surface area (Å²) in [5.74, 6) is 0.276. The molecular formula is C13H16N4OS. The standard InChI is InChI=1S/C13H16N4OS/c1-13(2,3)10(18)9-11(14)17-12(19-9)16-8-5-4-6-15-7-8/h4-7H,14H2,1-3H3,(H,16,17). The summed E-state index contributed by atoms with van der Waals surface area (Å²) in [4.78, 5) is 20.9. The number of nitrogens with one attached hydrogen (secondary N) is 1. The average molecular weight is 276 g/mol. The van der Waals surface area contributed by atoms with Crippen molar-refractivity contribution in [1.82, 2.24) is 9.97 Å². The quantitative estimate of drug-likeness (QED) is 0.842. The summed E-state index contributed by atoms with van der Waals surface area (Å²) in [5, 5.41) is 3.68. The van der Waals surface area contributed by atoms with Gasteiger partial charge < -0.3 is 11.1 Å². The predicted octanol–water partition coefficient (Wildman–Crippen LogP) is 3.09. The van der Waals surface area contributed by atoms with Crippen molar-refractivity contribution in [3.63, 3.8) is 0 Å². The number of ketones is 1. The number of anilines is 3. The maximum absolute atomic E-state index is 12.2. The Morgan fingerprint density at radius 3 is 2.74 bits per heavy atom. The lowest BCUT2D eigenvalue weighted by Gasteiger charge is -2.14. The topological polar surface area (TPSA) is 80.9 Å². The fourth-order valence-electron chi connectivity index (χ4n) is 1.45. The van der Waals surface area contributed by atoms with Gasteiger partial charge in [0.25, 0.3) is 0 Å². The second-order valence-electron chi connectivity index (χ2n) is 5.18. The van der Waals surface area contributed by atoms with E-state index in [1.165, 1.54) is 11.3 Å². The molecule has 19 heavy (non-hydrogen) atoms. The first-order chi connectivity index (χ1) is 8.88. The Morgan fingerprint density at radius 2 is 2.16 bits per heavy atom. The lowest BCUT2D eigenvalue weighted by atomic mass is 9.90. The Kier molecular flexibility index (Phi) is 3.53. The van der Waals surface area contributed by atoms with Gasteiger partial charge in [-0.15, -0.1) is 0 Å². The molecule has 100 valence electrons. The maximum atomic E-state index is 12.2. The highest BCUT2D eigenvalue weighted by Gasteiger charge is 2.27. The van der Waals surface area contributed by atoms with Crippen molar-refractivity contribution < 1.29 is 4.79 Å². The van der Waals surface area contributed by atoms with Gasteiger partial charge >= 0.3 is 0 Å². The molecule has 2 rings (SSSR count).